The van der Waals surface area contributed by atoms with Crippen molar-refractivity contribution in [3.63, 3.8) is 0 Å². The lowest BCUT2D eigenvalue weighted by Crippen LogP contribution is -2.25. The summed E-state index contributed by atoms with van der Waals surface area (Å²) in [5, 5.41) is 0.479. The first kappa shape index (κ1) is 13.4. The molecule has 4 nitrogen and oxygen atoms in total. The van der Waals surface area contributed by atoms with Crippen molar-refractivity contribution < 1.29 is 14.3 Å². The van der Waals surface area contributed by atoms with Crippen LogP contribution in [-0.2, 0) is 9.59 Å². The second-order valence-electron chi connectivity index (χ2n) is 3.86. The smallest absolute Gasteiger partial charge is 0.235 e. The first-order chi connectivity index (χ1) is 8.52. The van der Waals surface area contributed by atoms with Crippen LogP contribution in [0.1, 0.15) is 13.3 Å². The zero-order chi connectivity index (χ0) is 13.3. The van der Waals surface area contributed by atoms with Gasteiger partial charge in [-0.25, -0.2) is 0 Å². The van der Waals surface area contributed by atoms with Crippen LogP contribution in [0.2, 0.25) is 5.02 Å². The zero-order valence-electron chi connectivity index (χ0n) is 9.70. The van der Waals surface area contributed by atoms with E-state index in [-0.39, 0.29) is 24.7 Å². The summed E-state index contributed by atoms with van der Waals surface area (Å²) in [6.45, 7) is 2.39. The highest BCUT2D eigenvalue weighted by Gasteiger charge is 2.31. The normalized spacial score (nSPS) is 15.4. The van der Waals surface area contributed by atoms with Crippen molar-refractivity contribution in [2.45, 2.75) is 13.3 Å². The summed E-state index contributed by atoms with van der Waals surface area (Å²) in [7, 11) is 0. The number of carbonyl (C=O) groups is 2. The topological polar surface area (TPSA) is 46.6 Å². The maximum Gasteiger partial charge on any atom is 0.235 e. The quantitative estimate of drug-likeness (QED) is 0.800. The van der Waals surface area contributed by atoms with E-state index in [9.17, 15) is 9.59 Å². The second kappa shape index (κ2) is 5.28. The molecule has 1 aliphatic heterocycles. The third-order valence-corrected chi connectivity index (χ3v) is 3.36. The summed E-state index contributed by atoms with van der Waals surface area (Å²) in [6, 6.07) is 3.33. The number of carbonyl (C=O) groups excluding carboxylic acids is 2. The number of nitrogens with zero attached hydrogens (tertiary/aromatic N) is 1. The second-order valence-corrected chi connectivity index (χ2v) is 5.15. The van der Waals surface area contributed by atoms with Crippen molar-refractivity contribution >= 4 is 44.9 Å². The standard InChI is InChI=1S/C12H11BrClNO3/c1-2-18-12-9(13)3-7(14)4-10(12)15-6-8(16)5-11(15)17/h3-4H,2,5-6H2,1H3. The molecule has 6 heteroatoms. The van der Waals surface area contributed by atoms with Crippen LogP contribution < -0.4 is 9.64 Å². The van der Waals surface area contributed by atoms with Crippen molar-refractivity contribution in [3.8, 4) is 5.75 Å². The molecule has 1 heterocycles. The van der Waals surface area contributed by atoms with Gasteiger partial charge in [0.2, 0.25) is 5.91 Å². The molecule has 1 aromatic rings. The highest BCUT2D eigenvalue weighted by Crippen LogP contribution is 2.40. The van der Waals surface area contributed by atoms with E-state index in [2.05, 4.69) is 15.9 Å². The number of anilines is 1. The molecule has 0 bridgehead atoms. The van der Waals surface area contributed by atoms with E-state index < -0.39 is 0 Å². The summed E-state index contributed by atoms with van der Waals surface area (Å²) >= 11 is 9.33. The third kappa shape index (κ3) is 2.52. The number of rotatable bonds is 3. The summed E-state index contributed by atoms with van der Waals surface area (Å²) in [4.78, 5) is 24.5. The molecule has 0 aliphatic carbocycles. The summed E-state index contributed by atoms with van der Waals surface area (Å²) in [5.74, 6) is 0.207. The van der Waals surface area contributed by atoms with Crippen LogP contribution in [0.3, 0.4) is 0 Å². The molecule has 0 atom stereocenters. The van der Waals surface area contributed by atoms with Gasteiger partial charge in [-0.15, -0.1) is 0 Å². The number of hydrogen-bond acceptors (Lipinski definition) is 3. The Balaban J connectivity index is 2.48. The van der Waals surface area contributed by atoms with E-state index in [1.165, 1.54) is 4.90 Å². The zero-order valence-corrected chi connectivity index (χ0v) is 12.0. The number of benzene rings is 1. The minimum absolute atomic E-state index is 0.0598. The van der Waals surface area contributed by atoms with Crippen molar-refractivity contribution in [2.24, 2.45) is 0 Å². The van der Waals surface area contributed by atoms with Crippen LogP contribution in [0.25, 0.3) is 0 Å². The lowest BCUT2D eigenvalue weighted by atomic mass is 10.2. The summed E-state index contributed by atoms with van der Waals surface area (Å²) < 4.78 is 6.17. The number of amides is 1. The van der Waals surface area contributed by atoms with Gasteiger partial charge in [0.05, 0.1) is 29.7 Å². The van der Waals surface area contributed by atoms with Gasteiger partial charge in [-0.3, -0.25) is 9.59 Å². The maximum atomic E-state index is 11.8. The minimum atomic E-state index is -0.227. The Morgan fingerprint density at radius 3 is 2.72 bits per heavy atom. The van der Waals surface area contributed by atoms with Gasteiger partial charge in [-0.05, 0) is 35.0 Å². The first-order valence-corrected chi connectivity index (χ1v) is 6.64. The van der Waals surface area contributed by atoms with Gasteiger partial charge in [-0.2, -0.15) is 0 Å². The van der Waals surface area contributed by atoms with Crippen molar-refractivity contribution in [1.82, 2.24) is 0 Å². The van der Waals surface area contributed by atoms with Gasteiger partial charge in [-0.1, -0.05) is 11.6 Å². The lowest BCUT2D eigenvalue weighted by molar-refractivity contribution is -0.121. The van der Waals surface area contributed by atoms with E-state index in [1.54, 1.807) is 12.1 Å². The van der Waals surface area contributed by atoms with Gasteiger partial charge in [0.25, 0.3) is 0 Å². The molecule has 96 valence electrons. The van der Waals surface area contributed by atoms with Crippen molar-refractivity contribution in [1.29, 1.82) is 0 Å². The van der Waals surface area contributed by atoms with Gasteiger partial charge >= 0.3 is 0 Å². The molecule has 0 unspecified atom stereocenters. The number of halogens is 2. The molecule has 2 rings (SSSR count). The fourth-order valence-electron chi connectivity index (χ4n) is 1.84. The summed E-state index contributed by atoms with van der Waals surface area (Å²) in [5.41, 5.74) is 0.534. The van der Waals surface area contributed by atoms with Gasteiger partial charge in [0.1, 0.15) is 0 Å². The number of Topliss-reactive ketones (excluding diaryl/α,β-unsaturated/α-hetero) is 1. The van der Waals surface area contributed by atoms with E-state index in [1.807, 2.05) is 6.92 Å². The molecule has 1 amide bonds. The Morgan fingerprint density at radius 2 is 2.17 bits per heavy atom. The molecule has 1 aromatic carbocycles. The Morgan fingerprint density at radius 1 is 1.44 bits per heavy atom. The molecule has 0 N–H and O–H groups in total. The van der Waals surface area contributed by atoms with Gasteiger partial charge in [0, 0.05) is 5.02 Å². The molecule has 0 radical (unpaired) electrons. The molecule has 18 heavy (non-hydrogen) atoms. The van der Waals surface area contributed by atoms with E-state index in [0.717, 1.165) is 0 Å². The SMILES string of the molecule is CCOc1c(Br)cc(Cl)cc1N1CC(=O)CC1=O. The highest BCUT2D eigenvalue weighted by atomic mass is 79.9. The molecule has 0 spiro atoms. The average molecular weight is 333 g/mol. The van der Waals surface area contributed by atoms with Crippen LogP contribution in [0.5, 0.6) is 5.75 Å². The maximum absolute atomic E-state index is 11.8. The Bertz CT molecular complexity index is 518. The molecule has 1 aliphatic rings. The first-order valence-electron chi connectivity index (χ1n) is 5.46. The number of ether oxygens (including phenoxy) is 1. The van der Waals surface area contributed by atoms with Crippen molar-refractivity contribution in [2.75, 3.05) is 18.1 Å². The van der Waals surface area contributed by atoms with Crippen LogP contribution in [-0.4, -0.2) is 24.8 Å². The largest absolute Gasteiger partial charge is 0.490 e. The number of hydrogen-bond donors (Lipinski definition) is 0. The fourth-order valence-corrected chi connectivity index (χ4v) is 2.75. The van der Waals surface area contributed by atoms with Crippen LogP contribution in [0.15, 0.2) is 16.6 Å². The summed E-state index contributed by atoms with van der Waals surface area (Å²) in [6.07, 6.45) is -0.0598. The van der Waals surface area contributed by atoms with Crippen molar-refractivity contribution in [3.05, 3.63) is 21.6 Å². The number of ketones is 1. The predicted molar refractivity (Wildman–Crippen MR) is 72.3 cm³/mol. The Kier molecular flexibility index (Phi) is 3.92. The van der Waals surface area contributed by atoms with E-state index in [4.69, 9.17) is 16.3 Å². The van der Waals surface area contributed by atoms with Crippen LogP contribution >= 0.6 is 27.5 Å². The predicted octanol–water partition coefficient (Wildman–Crippen LogP) is 2.81. The minimum Gasteiger partial charge on any atom is -0.490 e. The molecule has 0 aromatic heterocycles. The van der Waals surface area contributed by atoms with Gasteiger partial charge in [0.15, 0.2) is 11.5 Å². The van der Waals surface area contributed by atoms with Gasteiger partial charge < -0.3 is 9.64 Å². The van der Waals surface area contributed by atoms with Crippen LogP contribution in [0, 0.1) is 0 Å². The molecule has 0 saturated carbocycles. The van der Waals surface area contributed by atoms with E-state index >= 15 is 0 Å². The molecule has 1 saturated heterocycles. The monoisotopic (exact) mass is 331 g/mol. The fraction of sp³-hybridized carbons (Fsp3) is 0.333. The van der Waals surface area contributed by atoms with Crippen LogP contribution in [0.4, 0.5) is 5.69 Å². The Hall–Kier alpha value is -1.07. The highest BCUT2D eigenvalue weighted by molar-refractivity contribution is 9.10. The molecular formula is C12H11BrClNO3. The third-order valence-electron chi connectivity index (χ3n) is 2.55. The molecule has 1 fully saturated rings. The van der Waals surface area contributed by atoms with E-state index in [0.29, 0.717) is 27.5 Å². The lowest BCUT2D eigenvalue weighted by Gasteiger charge is -2.20. The molecular weight excluding hydrogens is 321 g/mol. The average Bonchev–Trinajstić information content (AvgIpc) is 2.61. The Labute approximate surface area is 118 Å².